The first-order valence-corrected chi connectivity index (χ1v) is 13.1. The van der Waals surface area contributed by atoms with Gasteiger partial charge in [0.15, 0.2) is 0 Å². The van der Waals surface area contributed by atoms with Crippen LogP contribution in [0.4, 0.5) is 23.5 Å². The van der Waals surface area contributed by atoms with Crippen molar-refractivity contribution < 1.29 is 0 Å². The fourth-order valence-corrected chi connectivity index (χ4v) is 5.55. The maximum atomic E-state index is 6.20. The van der Waals surface area contributed by atoms with Gasteiger partial charge in [0, 0.05) is 49.5 Å². The molecule has 7 nitrogen and oxygen atoms in total. The predicted molar refractivity (Wildman–Crippen MR) is 137 cm³/mol. The maximum Gasteiger partial charge on any atom is 0.232 e. The van der Waals surface area contributed by atoms with E-state index < -0.39 is 0 Å². The molecular weight excluding hydrogens is 434 g/mol. The molecule has 1 aliphatic heterocycles. The summed E-state index contributed by atoms with van der Waals surface area (Å²) in [5.74, 6) is 2.94. The monoisotopic (exact) mass is 469 g/mol. The van der Waals surface area contributed by atoms with Gasteiger partial charge in [-0.2, -0.15) is 15.0 Å². The molecule has 3 aliphatic rings. The Hall–Kier alpha value is -2.28. The molecule has 0 atom stereocenters. The largest absolute Gasteiger partial charge is 0.368 e. The second-order valence-corrected chi connectivity index (χ2v) is 10.2. The van der Waals surface area contributed by atoms with Gasteiger partial charge in [0.2, 0.25) is 17.8 Å². The van der Waals surface area contributed by atoms with E-state index in [1.807, 2.05) is 18.2 Å². The highest BCUT2D eigenvalue weighted by Crippen LogP contribution is 2.26. The Morgan fingerprint density at radius 3 is 2.27 bits per heavy atom. The summed E-state index contributed by atoms with van der Waals surface area (Å²) in [6, 6.07) is 8.58. The molecule has 33 heavy (non-hydrogen) atoms. The van der Waals surface area contributed by atoms with Crippen molar-refractivity contribution in [2.24, 2.45) is 5.92 Å². The van der Waals surface area contributed by atoms with Crippen LogP contribution in [0, 0.1) is 5.92 Å². The molecular formula is C25H36ClN7. The Bertz CT molecular complexity index is 903. The van der Waals surface area contributed by atoms with Gasteiger partial charge in [0.1, 0.15) is 0 Å². The van der Waals surface area contributed by atoms with Gasteiger partial charge in [-0.25, -0.2) is 0 Å². The molecule has 2 aliphatic carbocycles. The van der Waals surface area contributed by atoms with Crippen LogP contribution in [0.5, 0.6) is 0 Å². The number of piperazine rings is 1. The standard InChI is InChI=1S/C25H36ClN7/c26-20-9-6-12-22(17-20)32-13-15-33(16-14-32)25-30-23(27-18-19-7-2-1-3-8-19)29-24(31-25)28-21-10-4-5-11-21/h6,9,12,17,19,21H,1-5,7-8,10-11,13-16,18H2,(H2,27,28,29,30,31). The zero-order chi connectivity index (χ0) is 22.5. The fourth-order valence-electron chi connectivity index (χ4n) is 5.37. The first-order chi connectivity index (χ1) is 16.2. The van der Waals surface area contributed by atoms with Gasteiger partial charge in [-0.1, -0.05) is 49.8 Å². The van der Waals surface area contributed by atoms with Crippen molar-refractivity contribution in [2.75, 3.05) is 53.2 Å². The molecule has 5 rings (SSSR count). The number of aromatic nitrogens is 3. The smallest absolute Gasteiger partial charge is 0.232 e. The molecule has 178 valence electrons. The Kier molecular flexibility index (Phi) is 7.34. The number of hydrogen-bond donors (Lipinski definition) is 2. The second kappa shape index (κ2) is 10.8. The van der Waals surface area contributed by atoms with Gasteiger partial charge >= 0.3 is 0 Å². The average molecular weight is 470 g/mol. The highest BCUT2D eigenvalue weighted by atomic mass is 35.5. The lowest BCUT2D eigenvalue weighted by Crippen LogP contribution is -2.47. The minimum absolute atomic E-state index is 0.478. The zero-order valence-electron chi connectivity index (χ0n) is 19.5. The van der Waals surface area contributed by atoms with Crippen molar-refractivity contribution in [3.63, 3.8) is 0 Å². The van der Waals surface area contributed by atoms with E-state index in [2.05, 4.69) is 26.5 Å². The summed E-state index contributed by atoms with van der Waals surface area (Å²) in [7, 11) is 0. The van der Waals surface area contributed by atoms with Gasteiger partial charge in [-0.05, 0) is 49.8 Å². The molecule has 2 N–H and O–H groups in total. The third kappa shape index (κ3) is 5.99. The summed E-state index contributed by atoms with van der Waals surface area (Å²) < 4.78 is 0. The van der Waals surface area contributed by atoms with E-state index in [9.17, 15) is 0 Å². The van der Waals surface area contributed by atoms with E-state index in [4.69, 9.17) is 26.6 Å². The van der Waals surface area contributed by atoms with E-state index in [-0.39, 0.29) is 0 Å². The molecule has 0 radical (unpaired) electrons. The number of benzene rings is 1. The van der Waals surface area contributed by atoms with E-state index in [1.54, 1.807) is 0 Å². The number of rotatable bonds is 7. The maximum absolute atomic E-state index is 6.20. The summed E-state index contributed by atoms with van der Waals surface area (Å²) in [4.78, 5) is 19.1. The number of nitrogens with zero attached hydrogens (tertiary/aromatic N) is 5. The molecule has 2 heterocycles. The molecule has 2 aromatic rings. The van der Waals surface area contributed by atoms with Crippen LogP contribution < -0.4 is 20.4 Å². The number of nitrogens with one attached hydrogen (secondary N) is 2. The lowest BCUT2D eigenvalue weighted by molar-refractivity contribution is 0.373. The van der Waals surface area contributed by atoms with Gasteiger partial charge in [-0.15, -0.1) is 0 Å². The number of anilines is 4. The normalized spacial score (nSPS) is 20.3. The van der Waals surface area contributed by atoms with E-state index in [0.717, 1.165) is 55.6 Å². The molecule has 0 amide bonds. The molecule has 8 heteroatoms. The third-order valence-corrected chi connectivity index (χ3v) is 7.56. The zero-order valence-corrected chi connectivity index (χ0v) is 20.2. The van der Waals surface area contributed by atoms with Gasteiger partial charge in [0.05, 0.1) is 0 Å². The lowest BCUT2D eigenvalue weighted by atomic mass is 9.89. The second-order valence-electron chi connectivity index (χ2n) is 9.75. The average Bonchev–Trinajstić information content (AvgIpc) is 3.36. The highest BCUT2D eigenvalue weighted by Gasteiger charge is 2.23. The SMILES string of the molecule is Clc1cccc(N2CCN(c3nc(NCC4CCCCC4)nc(NC4CCCC4)n3)CC2)c1. The molecule has 2 saturated carbocycles. The summed E-state index contributed by atoms with van der Waals surface area (Å²) in [5, 5.41) is 7.91. The van der Waals surface area contributed by atoms with Crippen molar-refractivity contribution in [3.8, 4) is 0 Å². The van der Waals surface area contributed by atoms with Crippen LogP contribution in [-0.2, 0) is 0 Å². The lowest BCUT2D eigenvalue weighted by Gasteiger charge is -2.36. The van der Waals surface area contributed by atoms with E-state index in [0.29, 0.717) is 12.0 Å². The third-order valence-electron chi connectivity index (χ3n) is 7.32. The van der Waals surface area contributed by atoms with Crippen LogP contribution in [0.2, 0.25) is 5.02 Å². The molecule has 0 unspecified atom stereocenters. The molecule has 1 aromatic carbocycles. The van der Waals surface area contributed by atoms with Crippen LogP contribution in [-0.4, -0.2) is 53.7 Å². The van der Waals surface area contributed by atoms with Crippen molar-refractivity contribution in [1.29, 1.82) is 0 Å². The van der Waals surface area contributed by atoms with Crippen molar-refractivity contribution in [1.82, 2.24) is 15.0 Å². The topological polar surface area (TPSA) is 69.2 Å². The minimum atomic E-state index is 0.478. The van der Waals surface area contributed by atoms with Crippen LogP contribution in [0.25, 0.3) is 0 Å². The van der Waals surface area contributed by atoms with Crippen LogP contribution in [0.15, 0.2) is 24.3 Å². The predicted octanol–water partition coefficient (Wildman–Crippen LogP) is 5.20. The summed E-state index contributed by atoms with van der Waals surface area (Å²) in [6.07, 6.45) is 11.7. The van der Waals surface area contributed by atoms with Gasteiger partial charge in [-0.3, -0.25) is 0 Å². The molecule has 0 bridgehead atoms. The van der Waals surface area contributed by atoms with Crippen LogP contribution >= 0.6 is 11.6 Å². The number of halogens is 1. The first-order valence-electron chi connectivity index (χ1n) is 12.7. The van der Waals surface area contributed by atoms with E-state index >= 15 is 0 Å². The fraction of sp³-hybridized carbons (Fsp3) is 0.640. The summed E-state index contributed by atoms with van der Waals surface area (Å²) >= 11 is 6.20. The molecule has 1 saturated heterocycles. The molecule has 0 spiro atoms. The summed E-state index contributed by atoms with van der Waals surface area (Å²) in [5.41, 5.74) is 1.18. The Morgan fingerprint density at radius 2 is 1.52 bits per heavy atom. The van der Waals surface area contributed by atoms with Crippen molar-refractivity contribution >= 4 is 35.1 Å². The Morgan fingerprint density at radius 1 is 0.818 bits per heavy atom. The van der Waals surface area contributed by atoms with Crippen LogP contribution in [0.1, 0.15) is 57.8 Å². The van der Waals surface area contributed by atoms with Crippen LogP contribution in [0.3, 0.4) is 0 Å². The molecule has 3 fully saturated rings. The summed E-state index contributed by atoms with van der Waals surface area (Å²) in [6.45, 7) is 4.54. The van der Waals surface area contributed by atoms with Crippen molar-refractivity contribution in [3.05, 3.63) is 29.3 Å². The number of hydrogen-bond acceptors (Lipinski definition) is 7. The Balaban J connectivity index is 1.27. The van der Waals surface area contributed by atoms with Crippen molar-refractivity contribution in [2.45, 2.75) is 63.8 Å². The molecule has 1 aromatic heterocycles. The quantitative estimate of drug-likeness (QED) is 0.577. The first kappa shape index (κ1) is 22.5. The highest BCUT2D eigenvalue weighted by molar-refractivity contribution is 6.30. The Labute approximate surface area is 202 Å². The minimum Gasteiger partial charge on any atom is -0.368 e. The van der Waals surface area contributed by atoms with Gasteiger partial charge < -0.3 is 20.4 Å². The van der Waals surface area contributed by atoms with E-state index in [1.165, 1.54) is 63.5 Å². The van der Waals surface area contributed by atoms with Gasteiger partial charge in [0.25, 0.3) is 0 Å².